The first-order chi connectivity index (χ1) is 15.9. The lowest BCUT2D eigenvalue weighted by molar-refractivity contribution is -0.132. The number of benzene rings is 2. The van der Waals surface area contributed by atoms with Gasteiger partial charge in [-0.3, -0.25) is 19.5 Å². The molecule has 2 aromatic carbocycles. The molecule has 0 radical (unpaired) electrons. The molecule has 0 saturated carbocycles. The molecule has 1 aliphatic rings. The van der Waals surface area contributed by atoms with Crippen molar-refractivity contribution in [1.29, 1.82) is 0 Å². The van der Waals surface area contributed by atoms with Crippen molar-refractivity contribution in [2.24, 2.45) is 0 Å². The maximum absolute atomic E-state index is 13.3. The van der Waals surface area contributed by atoms with E-state index in [9.17, 15) is 14.7 Å². The number of aromatic nitrogens is 1. The highest BCUT2D eigenvalue weighted by Crippen LogP contribution is 2.44. The Balaban J connectivity index is 2.01. The van der Waals surface area contributed by atoms with Crippen LogP contribution in [0.2, 0.25) is 0 Å². The van der Waals surface area contributed by atoms with Gasteiger partial charge in [0.1, 0.15) is 17.3 Å². The summed E-state index contributed by atoms with van der Waals surface area (Å²) >= 11 is 0. The summed E-state index contributed by atoms with van der Waals surface area (Å²) in [7, 11) is 2.97. The maximum Gasteiger partial charge on any atom is 0.300 e. The largest absolute Gasteiger partial charge is 0.507 e. The van der Waals surface area contributed by atoms with Crippen LogP contribution in [0.4, 0.5) is 5.69 Å². The van der Waals surface area contributed by atoms with E-state index in [1.54, 1.807) is 42.7 Å². The first-order valence-electron chi connectivity index (χ1n) is 10.4. The first-order valence-corrected chi connectivity index (χ1v) is 10.4. The van der Waals surface area contributed by atoms with E-state index in [1.165, 1.54) is 19.1 Å². The van der Waals surface area contributed by atoms with Crippen LogP contribution in [0.25, 0.3) is 5.76 Å². The highest BCUT2D eigenvalue weighted by Gasteiger charge is 2.47. The number of amides is 1. The number of anilines is 1. The zero-order valence-electron chi connectivity index (χ0n) is 18.8. The number of carbonyl (C=O) groups is 2. The zero-order chi connectivity index (χ0) is 23.7. The van der Waals surface area contributed by atoms with E-state index in [-0.39, 0.29) is 16.9 Å². The van der Waals surface area contributed by atoms with Gasteiger partial charge >= 0.3 is 0 Å². The number of carbonyl (C=O) groups excluding carboxylic acids is 2. The van der Waals surface area contributed by atoms with Gasteiger partial charge in [-0.1, -0.05) is 12.1 Å². The third-order valence-corrected chi connectivity index (χ3v) is 5.75. The Hall–Kier alpha value is -4.13. The van der Waals surface area contributed by atoms with Crippen molar-refractivity contribution >= 4 is 23.1 Å². The Morgan fingerprint density at radius 1 is 0.970 bits per heavy atom. The molecule has 1 fully saturated rings. The van der Waals surface area contributed by atoms with Crippen LogP contribution in [0, 0.1) is 13.8 Å². The number of aliphatic hydroxyl groups is 1. The van der Waals surface area contributed by atoms with Crippen molar-refractivity contribution in [3.05, 3.63) is 88.8 Å². The molecule has 7 heteroatoms. The molecular weight excluding hydrogens is 420 g/mol. The van der Waals surface area contributed by atoms with Gasteiger partial charge in [-0.05, 0) is 66.9 Å². The van der Waals surface area contributed by atoms with Crippen LogP contribution in [-0.2, 0) is 9.59 Å². The number of nitrogens with zero attached hydrogens (tertiary/aromatic N) is 2. The Labute approximate surface area is 191 Å². The van der Waals surface area contributed by atoms with Crippen molar-refractivity contribution in [1.82, 2.24) is 4.98 Å². The fraction of sp³-hybridized carbons (Fsp3) is 0.192. The third-order valence-electron chi connectivity index (χ3n) is 5.75. The standard InChI is InChI=1S/C26H24N2O5/c1-15-5-6-16(2)20(13-15)28-23(17-9-11-27-12-10-17)22(25(30)26(28)31)24(29)19-14-18(32-3)7-8-21(19)33-4/h5-14,23,29H,1-4H3/b24-22+. The predicted octanol–water partition coefficient (Wildman–Crippen LogP) is 4.34. The summed E-state index contributed by atoms with van der Waals surface area (Å²) < 4.78 is 10.7. The molecule has 4 rings (SSSR count). The monoisotopic (exact) mass is 444 g/mol. The molecule has 1 N–H and O–H groups in total. The summed E-state index contributed by atoms with van der Waals surface area (Å²) in [6.07, 6.45) is 3.18. The van der Waals surface area contributed by atoms with E-state index in [4.69, 9.17) is 9.47 Å². The normalized spacial score (nSPS) is 17.3. The molecule has 1 unspecified atom stereocenters. The molecule has 7 nitrogen and oxygen atoms in total. The number of hydrogen-bond donors (Lipinski definition) is 1. The number of hydrogen-bond acceptors (Lipinski definition) is 6. The Bertz CT molecular complexity index is 1270. The van der Waals surface area contributed by atoms with Crippen LogP contribution in [0.5, 0.6) is 11.5 Å². The molecule has 168 valence electrons. The smallest absolute Gasteiger partial charge is 0.300 e. The van der Waals surface area contributed by atoms with Gasteiger partial charge < -0.3 is 14.6 Å². The second-order valence-electron chi connectivity index (χ2n) is 7.81. The van der Waals surface area contributed by atoms with Crippen LogP contribution in [0.15, 0.2) is 66.5 Å². The molecule has 33 heavy (non-hydrogen) atoms. The van der Waals surface area contributed by atoms with E-state index in [0.29, 0.717) is 22.7 Å². The van der Waals surface area contributed by atoms with Crippen molar-refractivity contribution in [2.75, 3.05) is 19.1 Å². The van der Waals surface area contributed by atoms with Crippen LogP contribution < -0.4 is 14.4 Å². The summed E-state index contributed by atoms with van der Waals surface area (Å²) in [6, 6.07) is 13.2. The third kappa shape index (κ3) is 3.82. The fourth-order valence-corrected chi connectivity index (χ4v) is 4.07. The molecule has 2 heterocycles. The number of aliphatic hydroxyl groups excluding tert-OH is 1. The first kappa shape index (κ1) is 22.1. The Kier molecular flexibility index (Phi) is 5.87. The highest BCUT2D eigenvalue weighted by molar-refractivity contribution is 6.51. The van der Waals surface area contributed by atoms with Gasteiger partial charge in [0.25, 0.3) is 11.7 Å². The van der Waals surface area contributed by atoms with Gasteiger partial charge in [0.05, 0.1) is 31.4 Å². The van der Waals surface area contributed by atoms with Crippen molar-refractivity contribution in [3.63, 3.8) is 0 Å². The summed E-state index contributed by atoms with van der Waals surface area (Å²) in [5.74, 6) is -1.01. The van der Waals surface area contributed by atoms with E-state index in [1.807, 2.05) is 32.0 Å². The van der Waals surface area contributed by atoms with E-state index < -0.39 is 17.7 Å². The van der Waals surface area contributed by atoms with Crippen LogP contribution in [0.1, 0.15) is 28.3 Å². The van der Waals surface area contributed by atoms with Crippen molar-refractivity contribution < 1.29 is 24.2 Å². The molecule has 1 saturated heterocycles. The van der Waals surface area contributed by atoms with Gasteiger partial charge in [-0.25, -0.2) is 0 Å². The summed E-state index contributed by atoms with van der Waals surface area (Å²) in [6.45, 7) is 3.80. The maximum atomic E-state index is 13.3. The van der Waals surface area contributed by atoms with E-state index in [0.717, 1.165) is 11.1 Å². The average Bonchev–Trinajstić information content (AvgIpc) is 3.10. The molecule has 1 aromatic heterocycles. The molecular formula is C26H24N2O5. The van der Waals surface area contributed by atoms with Gasteiger partial charge in [0.15, 0.2) is 0 Å². The minimum absolute atomic E-state index is 0.0290. The average molecular weight is 444 g/mol. The van der Waals surface area contributed by atoms with E-state index in [2.05, 4.69) is 4.98 Å². The number of aryl methyl sites for hydroxylation is 2. The van der Waals surface area contributed by atoms with Crippen LogP contribution >= 0.6 is 0 Å². The Morgan fingerprint density at radius 3 is 2.36 bits per heavy atom. The van der Waals surface area contributed by atoms with Gasteiger partial charge in [-0.2, -0.15) is 0 Å². The molecule has 0 aliphatic carbocycles. The van der Waals surface area contributed by atoms with Crippen molar-refractivity contribution in [3.8, 4) is 11.5 Å². The molecule has 3 aromatic rings. The lowest BCUT2D eigenvalue weighted by Crippen LogP contribution is -2.30. The second kappa shape index (κ2) is 8.78. The van der Waals surface area contributed by atoms with Crippen LogP contribution in [0.3, 0.4) is 0 Å². The lowest BCUT2D eigenvalue weighted by Gasteiger charge is -2.27. The topological polar surface area (TPSA) is 89.0 Å². The minimum Gasteiger partial charge on any atom is -0.507 e. The number of ketones is 1. The van der Waals surface area contributed by atoms with Gasteiger partial charge in [0, 0.05) is 18.1 Å². The quantitative estimate of drug-likeness (QED) is 0.358. The number of rotatable bonds is 5. The summed E-state index contributed by atoms with van der Waals surface area (Å²) in [5.41, 5.74) is 3.26. The Morgan fingerprint density at radius 2 is 1.70 bits per heavy atom. The molecule has 1 aliphatic heterocycles. The molecule has 1 amide bonds. The van der Waals surface area contributed by atoms with Gasteiger partial charge in [0.2, 0.25) is 0 Å². The number of methoxy groups -OCH3 is 2. The van der Waals surface area contributed by atoms with Gasteiger partial charge in [-0.15, -0.1) is 0 Å². The second-order valence-corrected chi connectivity index (χ2v) is 7.81. The number of pyridine rings is 1. The molecule has 1 atom stereocenters. The zero-order valence-corrected chi connectivity index (χ0v) is 18.8. The SMILES string of the molecule is COc1ccc(OC)c(/C(O)=C2\C(=O)C(=O)N(c3cc(C)ccc3C)C2c2ccncc2)c1. The lowest BCUT2D eigenvalue weighted by atomic mass is 9.95. The van der Waals surface area contributed by atoms with Crippen LogP contribution in [-0.4, -0.2) is 36.0 Å². The number of Topliss-reactive ketones (excluding diaryl/α,β-unsaturated/α-hetero) is 1. The summed E-state index contributed by atoms with van der Waals surface area (Å²) in [4.78, 5) is 32.2. The molecule has 0 spiro atoms. The molecule has 0 bridgehead atoms. The fourth-order valence-electron chi connectivity index (χ4n) is 4.07. The minimum atomic E-state index is -0.843. The van der Waals surface area contributed by atoms with Crippen molar-refractivity contribution in [2.45, 2.75) is 19.9 Å². The predicted molar refractivity (Wildman–Crippen MR) is 124 cm³/mol. The highest BCUT2D eigenvalue weighted by atomic mass is 16.5. The van der Waals surface area contributed by atoms with E-state index >= 15 is 0 Å². The number of ether oxygens (including phenoxy) is 2. The summed E-state index contributed by atoms with van der Waals surface area (Å²) in [5, 5.41) is 11.4.